The molecule has 0 saturated carbocycles. The molecule has 0 aliphatic carbocycles. The van der Waals surface area contributed by atoms with Crippen molar-refractivity contribution in [1.29, 1.82) is 0 Å². The van der Waals surface area contributed by atoms with E-state index in [4.69, 9.17) is 20.2 Å². The Bertz CT molecular complexity index is 977. The van der Waals surface area contributed by atoms with Crippen molar-refractivity contribution in [2.45, 2.75) is 19.6 Å². The summed E-state index contributed by atoms with van der Waals surface area (Å²) in [6, 6.07) is 5.39. The highest BCUT2D eigenvalue weighted by molar-refractivity contribution is 5.78. The monoisotopic (exact) mass is 354 g/mol. The van der Waals surface area contributed by atoms with E-state index in [0.717, 1.165) is 17.1 Å². The topological polar surface area (TPSA) is 110 Å². The number of primary amides is 1. The van der Waals surface area contributed by atoms with Gasteiger partial charge < -0.3 is 19.8 Å². The number of benzene rings is 1. The summed E-state index contributed by atoms with van der Waals surface area (Å²) >= 11 is 0. The van der Waals surface area contributed by atoms with Crippen LogP contribution in [0.4, 0.5) is 0 Å². The normalized spacial score (nSPS) is 13.9. The number of fused-ring (bicyclic) bond motifs is 3. The molecule has 1 aliphatic rings. The van der Waals surface area contributed by atoms with Crippen molar-refractivity contribution in [3.63, 3.8) is 0 Å². The van der Waals surface area contributed by atoms with Gasteiger partial charge in [-0.1, -0.05) is 0 Å². The van der Waals surface area contributed by atoms with Crippen LogP contribution in [0.3, 0.4) is 0 Å². The summed E-state index contributed by atoms with van der Waals surface area (Å²) in [6.07, 6.45) is 2.72. The lowest BCUT2D eigenvalue weighted by molar-refractivity contribution is -0.123. The zero-order valence-electron chi connectivity index (χ0n) is 14.4. The van der Waals surface area contributed by atoms with Gasteiger partial charge in [-0.3, -0.25) is 4.79 Å². The van der Waals surface area contributed by atoms with Crippen molar-refractivity contribution in [2.24, 2.45) is 12.8 Å². The number of rotatable bonds is 4. The Morgan fingerprint density at radius 2 is 2.23 bits per heavy atom. The number of amides is 1. The summed E-state index contributed by atoms with van der Waals surface area (Å²) in [4.78, 5) is 20.2. The fourth-order valence-electron chi connectivity index (χ4n) is 2.83. The average Bonchev–Trinajstić information content (AvgIpc) is 3.17. The van der Waals surface area contributed by atoms with Gasteiger partial charge in [-0.2, -0.15) is 5.10 Å². The van der Waals surface area contributed by atoms with Crippen LogP contribution < -0.4 is 15.2 Å². The van der Waals surface area contributed by atoms with Gasteiger partial charge in [0, 0.05) is 19.3 Å². The molecule has 0 saturated heterocycles. The Morgan fingerprint density at radius 1 is 1.38 bits per heavy atom. The van der Waals surface area contributed by atoms with E-state index in [-0.39, 0.29) is 0 Å². The van der Waals surface area contributed by atoms with Crippen molar-refractivity contribution in [3.8, 4) is 34.4 Å². The van der Waals surface area contributed by atoms with Crippen molar-refractivity contribution in [1.82, 2.24) is 24.3 Å². The first-order valence-corrected chi connectivity index (χ1v) is 8.17. The molecule has 1 amide bonds. The Hall–Kier alpha value is -3.36. The van der Waals surface area contributed by atoms with E-state index < -0.39 is 12.0 Å². The molecule has 9 nitrogen and oxygen atoms in total. The second-order valence-electron chi connectivity index (χ2n) is 6.02. The molecule has 0 bridgehead atoms. The molecule has 0 fully saturated rings. The number of carbonyl (C=O) groups excluding carboxylic acids is 1. The standard InChI is InChI=1S/C17H18N6O3/c1-10(15(18)24)26-11-3-4-12-14(7-11)25-6-5-23-8-13(21-16(12)23)17-19-9-20-22(17)2/h3-4,7-10H,5-6H2,1-2H3,(H2,18,24)/t10-/m0/s1. The van der Waals surface area contributed by atoms with Crippen molar-refractivity contribution < 1.29 is 14.3 Å². The number of nitrogens with zero attached hydrogens (tertiary/aromatic N) is 5. The number of ether oxygens (including phenoxy) is 2. The van der Waals surface area contributed by atoms with Crippen LogP contribution in [0.2, 0.25) is 0 Å². The first-order valence-electron chi connectivity index (χ1n) is 8.17. The third-order valence-corrected chi connectivity index (χ3v) is 4.21. The molecule has 3 aromatic rings. The molecule has 1 aromatic carbocycles. The number of carbonyl (C=O) groups is 1. The van der Waals surface area contributed by atoms with E-state index in [2.05, 4.69) is 10.1 Å². The van der Waals surface area contributed by atoms with Crippen molar-refractivity contribution in [2.75, 3.05) is 6.61 Å². The van der Waals surface area contributed by atoms with Gasteiger partial charge in [-0.15, -0.1) is 0 Å². The molecular formula is C17H18N6O3. The summed E-state index contributed by atoms with van der Waals surface area (Å²) in [7, 11) is 1.83. The maximum absolute atomic E-state index is 11.2. The largest absolute Gasteiger partial charge is 0.491 e. The summed E-state index contributed by atoms with van der Waals surface area (Å²) in [5.41, 5.74) is 6.84. The molecule has 3 heterocycles. The van der Waals surface area contributed by atoms with Gasteiger partial charge in [0.15, 0.2) is 11.9 Å². The van der Waals surface area contributed by atoms with Gasteiger partial charge in [0.05, 0.1) is 12.1 Å². The first-order chi connectivity index (χ1) is 12.5. The molecule has 26 heavy (non-hydrogen) atoms. The summed E-state index contributed by atoms with van der Waals surface area (Å²) in [5, 5.41) is 4.09. The smallest absolute Gasteiger partial charge is 0.258 e. The number of hydrogen-bond acceptors (Lipinski definition) is 6. The van der Waals surface area contributed by atoms with Gasteiger partial charge in [0.2, 0.25) is 0 Å². The van der Waals surface area contributed by atoms with E-state index in [1.807, 2.05) is 23.9 Å². The van der Waals surface area contributed by atoms with Gasteiger partial charge in [-0.25, -0.2) is 14.6 Å². The van der Waals surface area contributed by atoms with E-state index in [9.17, 15) is 4.79 Å². The van der Waals surface area contributed by atoms with Gasteiger partial charge in [-0.05, 0) is 19.1 Å². The van der Waals surface area contributed by atoms with Gasteiger partial charge >= 0.3 is 0 Å². The molecule has 2 aromatic heterocycles. The number of aromatic nitrogens is 5. The fourth-order valence-corrected chi connectivity index (χ4v) is 2.83. The van der Waals surface area contributed by atoms with Crippen LogP contribution in [0.1, 0.15) is 6.92 Å². The molecule has 0 radical (unpaired) electrons. The summed E-state index contributed by atoms with van der Waals surface area (Å²) < 4.78 is 15.1. The van der Waals surface area contributed by atoms with Crippen LogP contribution in [0.5, 0.6) is 11.5 Å². The Morgan fingerprint density at radius 3 is 2.96 bits per heavy atom. The molecule has 2 N–H and O–H groups in total. The SMILES string of the molecule is C[C@H](Oc1ccc2c(c1)OCCn1cc(-c3ncnn3C)nc1-2)C(N)=O. The highest BCUT2D eigenvalue weighted by Crippen LogP contribution is 2.36. The minimum Gasteiger partial charge on any atom is -0.491 e. The molecule has 1 atom stereocenters. The molecule has 134 valence electrons. The lowest BCUT2D eigenvalue weighted by Gasteiger charge is -2.13. The van der Waals surface area contributed by atoms with Gasteiger partial charge in [0.1, 0.15) is 36.0 Å². The van der Waals surface area contributed by atoms with Crippen molar-refractivity contribution in [3.05, 3.63) is 30.7 Å². The Labute approximate surface area is 149 Å². The van der Waals surface area contributed by atoms with Crippen LogP contribution in [-0.2, 0) is 18.4 Å². The zero-order valence-corrected chi connectivity index (χ0v) is 14.4. The fraction of sp³-hybridized carbons (Fsp3) is 0.294. The number of nitrogens with two attached hydrogens (primary N) is 1. The van der Waals surface area contributed by atoms with Crippen LogP contribution >= 0.6 is 0 Å². The van der Waals surface area contributed by atoms with Crippen LogP contribution in [0, 0.1) is 0 Å². The minimum atomic E-state index is -0.719. The number of imidazole rings is 1. The number of hydrogen-bond donors (Lipinski definition) is 1. The maximum atomic E-state index is 11.2. The maximum Gasteiger partial charge on any atom is 0.258 e. The van der Waals surface area contributed by atoms with Crippen LogP contribution in [-0.4, -0.2) is 42.9 Å². The van der Waals surface area contributed by atoms with Crippen molar-refractivity contribution >= 4 is 5.91 Å². The Balaban J connectivity index is 1.72. The highest BCUT2D eigenvalue weighted by Gasteiger charge is 2.21. The molecule has 4 rings (SSSR count). The second-order valence-corrected chi connectivity index (χ2v) is 6.02. The molecule has 9 heteroatoms. The first kappa shape index (κ1) is 16.1. The highest BCUT2D eigenvalue weighted by atomic mass is 16.5. The predicted octanol–water partition coefficient (Wildman–Crippen LogP) is 0.991. The average molecular weight is 354 g/mol. The van der Waals surface area contributed by atoms with Crippen LogP contribution in [0.25, 0.3) is 22.9 Å². The summed E-state index contributed by atoms with van der Waals surface area (Å²) in [5.74, 6) is 2.12. The van der Waals surface area contributed by atoms with E-state index in [1.54, 1.807) is 23.7 Å². The molecule has 0 spiro atoms. The van der Waals surface area contributed by atoms with Crippen LogP contribution in [0.15, 0.2) is 30.7 Å². The lowest BCUT2D eigenvalue weighted by Crippen LogP contribution is -2.30. The second kappa shape index (κ2) is 6.17. The van der Waals surface area contributed by atoms with E-state index >= 15 is 0 Å². The molecule has 1 aliphatic heterocycles. The molecule has 0 unspecified atom stereocenters. The van der Waals surface area contributed by atoms with E-state index in [0.29, 0.717) is 30.5 Å². The Kier molecular flexibility index (Phi) is 3.83. The minimum absolute atomic E-state index is 0.490. The summed E-state index contributed by atoms with van der Waals surface area (Å²) in [6.45, 7) is 2.75. The third kappa shape index (κ3) is 2.77. The number of aryl methyl sites for hydroxylation is 1. The van der Waals surface area contributed by atoms with E-state index in [1.165, 1.54) is 6.33 Å². The van der Waals surface area contributed by atoms with Gasteiger partial charge in [0.25, 0.3) is 5.91 Å². The molecular weight excluding hydrogens is 336 g/mol. The zero-order chi connectivity index (χ0) is 18.3. The third-order valence-electron chi connectivity index (χ3n) is 4.21. The lowest BCUT2D eigenvalue weighted by atomic mass is 10.1. The quantitative estimate of drug-likeness (QED) is 0.748. The predicted molar refractivity (Wildman–Crippen MR) is 92.4 cm³/mol.